The topological polar surface area (TPSA) is 43.4 Å². The predicted molar refractivity (Wildman–Crippen MR) is 96.7 cm³/mol. The van der Waals surface area contributed by atoms with Gasteiger partial charge in [-0.2, -0.15) is 0 Å². The minimum Gasteiger partial charge on any atom is -0.466 e. The minimum atomic E-state index is -0.162. The highest BCUT2D eigenvalue weighted by Crippen LogP contribution is 2.62. The van der Waals surface area contributed by atoms with E-state index < -0.39 is 0 Å². The zero-order valence-electron chi connectivity index (χ0n) is 15.5. The number of ether oxygens (including phenoxy) is 1. The fraction of sp³-hybridized carbons (Fsp3) is 0.727. The van der Waals surface area contributed by atoms with Crippen LogP contribution in [0.2, 0.25) is 0 Å². The Morgan fingerprint density at radius 3 is 2.92 bits per heavy atom. The van der Waals surface area contributed by atoms with Crippen LogP contribution in [0.1, 0.15) is 58.8 Å². The molecule has 0 aliphatic heterocycles. The van der Waals surface area contributed by atoms with E-state index in [1.54, 1.807) is 0 Å². The van der Waals surface area contributed by atoms with Crippen molar-refractivity contribution in [3.63, 3.8) is 0 Å². The largest absolute Gasteiger partial charge is 0.466 e. The number of allylic oxidation sites excluding steroid dienone is 4. The molecule has 3 nitrogen and oxygen atoms in total. The van der Waals surface area contributed by atoms with Gasteiger partial charge in [-0.15, -0.1) is 0 Å². The van der Waals surface area contributed by atoms with Gasteiger partial charge in [0.2, 0.25) is 0 Å². The zero-order chi connectivity index (χ0) is 17.6. The molecular formula is C22H30O3. The summed E-state index contributed by atoms with van der Waals surface area (Å²) >= 11 is 0. The quantitative estimate of drug-likeness (QED) is 0.711. The smallest absolute Gasteiger partial charge is 0.302 e. The van der Waals surface area contributed by atoms with Crippen LogP contribution in [0.4, 0.5) is 0 Å². The summed E-state index contributed by atoms with van der Waals surface area (Å²) in [5.41, 5.74) is 1.68. The maximum absolute atomic E-state index is 11.8. The summed E-state index contributed by atoms with van der Waals surface area (Å²) in [7, 11) is 0. The van der Waals surface area contributed by atoms with Gasteiger partial charge >= 0.3 is 5.97 Å². The van der Waals surface area contributed by atoms with Crippen molar-refractivity contribution in [1.29, 1.82) is 0 Å². The number of esters is 1. The first-order valence-electron chi connectivity index (χ1n) is 10.0. The summed E-state index contributed by atoms with van der Waals surface area (Å²) in [5, 5.41) is 0. The molecule has 136 valence electrons. The highest BCUT2D eigenvalue weighted by Gasteiger charge is 2.54. The normalized spacial score (nSPS) is 42.2. The first kappa shape index (κ1) is 17.1. The molecule has 0 saturated heterocycles. The van der Waals surface area contributed by atoms with Gasteiger partial charge in [0.15, 0.2) is 5.78 Å². The van der Waals surface area contributed by atoms with Gasteiger partial charge in [-0.1, -0.05) is 19.1 Å². The van der Waals surface area contributed by atoms with E-state index in [9.17, 15) is 9.59 Å². The lowest BCUT2D eigenvalue weighted by atomic mass is 9.53. The first-order chi connectivity index (χ1) is 12.0. The fourth-order valence-corrected chi connectivity index (χ4v) is 6.58. The van der Waals surface area contributed by atoms with Crippen LogP contribution in [0.15, 0.2) is 23.8 Å². The van der Waals surface area contributed by atoms with Crippen LogP contribution in [0.25, 0.3) is 0 Å². The Morgan fingerprint density at radius 2 is 2.12 bits per heavy atom. The van der Waals surface area contributed by atoms with Crippen LogP contribution in [0.3, 0.4) is 0 Å². The van der Waals surface area contributed by atoms with E-state index in [1.807, 2.05) is 6.08 Å². The molecule has 0 aromatic carbocycles. The molecule has 0 heterocycles. The van der Waals surface area contributed by atoms with Gasteiger partial charge in [0.05, 0.1) is 6.61 Å². The molecule has 2 fully saturated rings. The van der Waals surface area contributed by atoms with Crippen molar-refractivity contribution in [2.24, 2.45) is 35.0 Å². The van der Waals surface area contributed by atoms with E-state index in [4.69, 9.17) is 4.74 Å². The lowest BCUT2D eigenvalue weighted by molar-refractivity contribution is -0.141. The second-order valence-electron chi connectivity index (χ2n) is 8.91. The molecule has 0 N–H and O–H groups in total. The van der Waals surface area contributed by atoms with E-state index in [2.05, 4.69) is 19.1 Å². The SMILES string of the molecule is CC(=O)OCC[C@H]1CCC2C3C=CC4=CC(=O)CCC4C3CCC21C. The second kappa shape index (κ2) is 6.41. The third-order valence-corrected chi connectivity index (χ3v) is 7.84. The summed E-state index contributed by atoms with van der Waals surface area (Å²) < 4.78 is 5.22. The Labute approximate surface area is 150 Å². The van der Waals surface area contributed by atoms with Crippen LogP contribution < -0.4 is 0 Å². The lowest BCUT2D eigenvalue weighted by Crippen LogP contribution is -2.45. The van der Waals surface area contributed by atoms with Crippen LogP contribution in [0.5, 0.6) is 0 Å². The third-order valence-electron chi connectivity index (χ3n) is 7.84. The third kappa shape index (κ3) is 2.90. The molecule has 5 unspecified atom stereocenters. The van der Waals surface area contributed by atoms with Crippen molar-refractivity contribution < 1.29 is 14.3 Å². The molecule has 2 saturated carbocycles. The van der Waals surface area contributed by atoms with Crippen molar-refractivity contribution in [1.82, 2.24) is 0 Å². The lowest BCUT2D eigenvalue weighted by Gasteiger charge is -2.52. The maximum Gasteiger partial charge on any atom is 0.302 e. The summed E-state index contributed by atoms with van der Waals surface area (Å²) in [6, 6.07) is 0. The molecule has 4 aliphatic carbocycles. The van der Waals surface area contributed by atoms with E-state index in [1.165, 1.54) is 38.2 Å². The summed E-state index contributed by atoms with van der Waals surface area (Å²) in [5.74, 6) is 3.59. The van der Waals surface area contributed by atoms with Gasteiger partial charge in [0.1, 0.15) is 0 Å². The van der Waals surface area contributed by atoms with Gasteiger partial charge in [0, 0.05) is 13.3 Å². The summed E-state index contributed by atoms with van der Waals surface area (Å²) in [6.07, 6.45) is 14.5. The molecule has 3 heteroatoms. The number of hydrogen-bond donors (Lipinski definition) is 0. The zero-order valence-corrected chi connectivity index (χ0v) is 15.5. The monoisotopic (exact) mass is 342 g/mol. The van der Waals surface area contributed by atoms with E-state index >= 15 is 0 Å². The molecular weight excluding hydrogens is 312 g/mol. The fourth-order valence-electron chi connectivity index (χ4n) is 6.58. The molecule has 0 aromatic rings. The summed E-state index contributed by atoms with van der Waals surface area (Å²) in [4.78, 5) is 22.8. The molecule has 4 aliphatic rings. The Kier molecular flexibility index (Phi) is 4.37. The Hall–Kier alpha value is -1.38. The molecule has 0 spiro atoms. The number of carbonyl (C=O) groups excluding carboxylic acids is 2. The molecule has 0 aromatic heterocycles. The van der Waals surface area contributed by atoms with Gasteiger partial charge in [-0.25, -0.2) is 0 Å². The minimum absolute atomic E-state index is 0.162. The Bertz CT molecular complexity index is 631. The highest BCUT2D eigenvalue weighted by molar-refractivity contribution is 5.91. The summed E-state index contributed by atoms with van der Waals surface area (Å²) in [6.45, 7) is 4.56. The van der Waals surface area contributed by atoms with Crippen molar-refractivity contribution in [3.8, 4) is 0 Å². The van der Waals surface area contributed by atoms with Crippen molar-refractivity contribution in [2.75, 3.05) is 6.61 Å². The number of hydrogen-bond acceptors (Lipinski definition) is 3. The van der Waals surface area contributed by atoms with E-state index in [-0.39, 0.29) is 5.97 Å². The van der Waals surface area contributed by atoms with Gasteiger partial charge < -0.3 is 4.74 Å². The second-order valence-corrected chi connectivity index (χ2v) is 8.91. The van der Waals surface area contributed by atoms with Crippen LogP contribution >= 0.6 is 0 Å². The Balaban J connectivity index is 1.51. The molecule has 0 amide bonds. The average Bonchev–Trinajstić information content (AvgIpc) is 2.91. The molecule has 4 rings (SSSR count). The number of rotatable bonds is 3. The van der Waals surface area contributed by atoms with Gasteiger partial charge in [-0.3, -0.25) is 9.59 Å². The average molecular weight is 342 g/mol. The van der Waals surface area contributed by atoms with Crippen molar-refractivity contribution in [3.05, 3.63) is 23.8 Å². The standard InChI is InChI=1S/C22H30O3/c1-14(23)25-12-10-16-4-8-21-20-6-3-15-13-17(24)5-7-18(15)19(20)9-11-22(16,21)2/h3,6,13,16,18-21H,4-5,7-12H2,1-2H3/t16-,18?,19?,20?,21?,22?/m1/s1. The molecule has 0 bridgehead atoms. The van der Waals surface area contributed by atoms with E-state index in [0.29, 0.717) is 35.6 Å². The predicted octanol–water partition coefficient (Wildman–Crippen LogP) is 4.47. The molecule has 6 atom stereocenters. The molecule has 0 radical (unpaired) electrons. The van der Waals surface area contributed by atoms with Crippen LogP contribution in [0, 0.1) is 35.0 Å². The number of carbonyl (C=O) groups is 2. The van der Waals surface area contributed by atoms with Crippen molar-refractivity contribution in [2.45, 2.75) is 58.8 Å². The van der Waals surface area contributed by atoms with Crippen LogP contribution in [-0.2, 0) is 14.3 Å². The Morgan fingerprint density at radius 1 is 1.28 bits per heavy atom. The molecule has 25 heavy (non-hydrogen) atoms. The van der Waals surface area contributed by atoms with Crippen molar-refractivity contribution >= 4 is 11.8 Å². The first-order valence-corrected chi connectivity index (χ1v) is 10.0. The van der Waals surface area contributed by atoms with Crippen LogP contribution in [-0.4, -0.2) is 18.4 Å². The van der Waals surface area contributed by atoms with Gasteiger partial charge in [-0.05, 0) is 85.2 Å². The maximum atomic E-state index is 11.8. The number of ketones is 1. The highest BCUT2D eigenvalue weighted by atomic mass is 16.5. The van der Waals surface area contributed by atoms with Gasteiger partial charge in [0.25, 0.3) is 0 Å². The van der Waals surface area contributed by atoms with E-state index in [0.717, 1.165) is 31.1 Å². The number of fused-ring (bicyclic) bond motifs is 5.